The first kappa shape index (κ1) is 21.5. The summed E-state index contributed by atoms with van der Waals surface area (Å²) in [5.41, 5.74) is 2.11. The first-order chi connectivity index (χ1) is 14.5. The van der Waals surface area contributed by atoms with Gasteiger partial charge in [-0.25, -0.2) is 0 Å². The van der Waals surface area contributed by atoms with Gasteiger partial charge >= 0.3 is 0 Å². The fourth-order valence-corrected chi connectivity index (χ4v) is 3.51. The molecule has 3 aromatic rings. The van der Waals surface area contributed by atoms with Crippen molar-refractivity contribution < 1.29 is 9.47 Å². The third-order valence-electron chi connectivity index (χ3n) is 5.20. The second-order valence-corrected chi connectivity index (χ2v) is 8.08. The Bertz CT molecular complexity index is 968. The second kappa shape index (κ2) is 10.0. The Balaban J connectivity index is 1.60. The lowest BCUT2D eigenvalue weighted by molar-refractivity contribution is 0.242. The van der Waals surface area contributed by atoms with Crippen molar-refractivity contribution in [1.29, 1.82) is 0 Å². The Labute approximate surface area is 180 Å². The number of terminal acetylenes is 1. The van der Waals surface area contributed by atoms with Crippen molar-refractivity contribution in [2.75, 3.05) is 0 Å². The van der Waals surface area contributed by atoms with Gasteiger partial charge in [-0.3, -0.25) is 0 Å². The molecule has 3 aromatic carbocycles. The summed E-state index contributed by atoms with van der Waals surface area (Å²) in [5.74, 6) is 5.60. The van der Waals surface area contributed by atoms with Crippen LogP contribution in [-0.2, 0) is 11.8 Å². The maximum absolute atomic E-state index is 5.95. The van der Waals surface area contributed by atoms with Crippen molar-refractivity contribution in [3.8, 4) is 29.6 Å². The number of hydrogen-bond donors (Lipinski definition) is 0. The van der Waals surface area contributed by atoms with Crippen molar-refractivity contribution in [1.82, 2.24) is 0 Å². The minimum Gasteiger partial charge on any atom is -0.491 e. The van der Waals surface area contributed by atoms with Crippen molar-refractivity contribution in [2.45, 2.75) is 51.6 Å². The zero-order valence-corrected chi connectivity index (χ0v) is 18.1. The van der Waals surface area contributed by atoms with E-state index in [1.54, 1.807) is 0 Å². The predicted molar refractivity (Wildman–Crippen MR) is 124 cm³/mol. The first-order valence-corrected chi connectivity index (χ1v) is 10.6. The van der Waals surface area contributed by atoms with E-state index in [1.807, 2.05) is 68.4 Å². The average molecular weight is 399 g/mol. The van der Waals surface area contributed by atoms with E-state index in [4.69, 9.17) is 15.9 Å². The quantitative estimate of drug-likeness (QED) is 0.355. The van der Waals surface area contributed by atoms with Crippen LogP contribution in [0.3, 0.4) is 0 Å². The molecule has 0 aliphatic rings. The lowest BCUT2D eigenvalue weighted by atomic mass is 9.78. The third kappa shape index (κ3) is 5.91. The molecule has 30 heavy (non-hydrogen) atoms. The van der Waals surface area contributed by atoms with Crippen molar-refractivity contribution in [3.63, 3.8) is 0 Å². The average Bonchev–Trinajstić information content (AvgIpc) is 2.75. The summed E-state index contributed by atoms with van der Waals surface area (Å²) in [4.78, 5) is 0. The number of benzene rings is 3. The molecule has 154 valence electrons. The molecule has 0 spiro atoms. The highest BCUT2D eigenvalue weighted by atomic mass is 16.5. The summed E-state index contributed by atoms with van der Waals surface area (Å²) in [6.45, 7) is 6.19. The smallest absolute Gasteiger partial charge is 0.127 e. The second-order valence-electron chi connectivity index (χ2n) is 8.08. The molecule has 0 heterocycles. The van der Waals surface area contributed by atoms with Gasteiger partial charge in [0.2, 0.25) is 0 Å². The molecule has 1 unspecified atom stereocenters. The molecule has 3 rings (SSSR count). The van der Waals surface area contributed by atoms with Crippen molar-refractivity contribution in [2.24, 2.45) is 0 Å². The summed E-state index contributed by atoms with van der Waals surface area (Å²) >= 11 is 0. The van der Waals surface area contributed by atoms with E-state index < -0.39 is 0 Å². The monoisotopic (exact) mass is 398 g/mol. The van der Waals surface area contributed by atoms with Crippen LogP contribution in [0.1, 0.15) is 44.7 Å². The van der Waals surface area contributed by atoms with Crippen LogP contribution in [0.5, 0.6) is 17.2 Å². The molecule has 0 aliphatic carbocycles. The largest absolute Gasteiger partial charge is 0.491 e. The number of aryl methyl sites for hydroxylation is 1. The number of rotatable bonds is 9. The van der Waals surface area contributed by atoms with Gasteiger partial charge in [0.1, 0.15) is 17.2 Å². The molecule has 0 radical (unpaired) electrons. The molecule has 1 atom stereocenters. The van der Waals surface area contributed by atoms with Gasteiger partial charge in [-0.1, -0.05) is 48.4 Å². The van der Waals surface area contributed by atoms with E-state index in [1.165, 1.54) is 5.56 Å². The number of hydrogen-bond acceptors (Lipinski definition) is 2. The van der Waals surface area contributed by atoms with Gasteiger partial charge in [0, 0.05) is 0 Å². The molecular weight excluding hydrogens is 368 g/mol. The molecule has 0 amide bonds. The highest BCUT2D eigenvalue weighted by Crippen LogP contribution is 2.31. The minimum absolute atomic E-state index is 0.163. The predicted octanol–water partition coefficient (Wildman–Crippen LogP) is 7.18. The van der Waals surface area contributed by atoms with E-state index in [0.29, 0.717) is 0 Å². The van der Waals surface area contributed by atoms with Crippen LogP contribution in [0.2, 0.25) is 0 Å². The van der Waals surface area contributed by atoms with Crippen molar-refractivity contribution in [3.05, 3.63) is 90.0 Å². The zero-order valence-electron chi connectivity index (χ0n) is 18.1. The van der Waals surface area contributed by atoms with E-state index >= 15 is 0 Å². The lowest BCUT2D eigenvalue weighted by Gasteiger charge is -2.24. The highest BCUT2D eigenvalue weighted by Gasteiger charge is 2.23. The van der Waals surface area contributed by atoms with Gasteiger partial charge in [0.05, 0.1) is 11.5 Å². The van der Waals surface area contributed by atoms with Crippen molar-refractivity contribution >= 4 is 0 Å². The van der Waals surface area contributed by atoms with Crippen LogP contribution < -0.4 is 9.47 Å². The van der Waals surface area contributed by atoms with Gasteiger partial charge in [-0.15, -0.1) is 6.42 Å². The summed E-state index contributed by atoms with van der Waals surface area (Å²) in [5, 5.41) is 0. The fourth-order valence-electron chi connectivity index (χ4n) is 3.51. The van der Waals surface area contributed by atoms with Crippen LogP contribution >= 0.6 is 0 Å². The number of ether oxygens (including phenoxy) is 2. The van der Waals surface area contributed by atoms with Crippen LogP contribution in [0.25, 0.3) is 0 Å². The maximum Gasteiger partial charge on any atom is 0.127 e. The Kier molecular flexibility index (Phi) is 7.20. The summed E-state index contributed by atoms with van der Waals surface area (Å²) in [6.07, 6.45) is 8.98. The Morgan fingerprint density at radius 3 is 2.23 bits per heavy atom. The molecule has 0 saturated carbocycles. The van der Waals surface area contributed by atoms with E-state index in [2.05, 4.69) is 37.1 Å². The van der Waals surface area contributed by atoms with Crippen LogP contribution in [-0.4, -0.2) is 6.10 Å². The van der Waals surface area contributed by atoms with Gasteiger partial charge in [0.25, 0.3) is 0 Å². The molecule has 0 saturated heterocycles. The summed E-state index contributed by atoms with van der Waals surface area (Å²) in [6, 6.07) is 26.3. The Morgan fingerprint density at radius 1 is 0.867 bits per heavy atom. The lowest BCUT2D eigenvalue weighted by Crippen LogP contribution is -2.19. The molecule has 0 aromatic heterocycles. The Morgan fingerprint density at radius 2 is 1.57 bits per heavy atom. The molecule has 0 N–H and O–H groups in total. The summed E-state index contributed by atoms with van der Waals surface area (Å²) < 4.78 is 11.7. The zero-order chi connectivity index (χ0) is 21.4. The summed E-state index contributed by atoms with van der Waals surface area (Å²) in [7, 11) is 0. The maximum atomic E-state index is 5.95. The van der Waals surface area contributed by atoms with E-state index in [-0.39, 0.29) is 11.5 Å². The third-order valence-corrected chi connectivity index (χ3v) is 5.20. The Hall–Kier alpha value is -3.18. The molecule has 2 nitrogen and oxygen atoms in total. The van der Waals surface area contributed by atoms with E-state index in [9.17, 15) is 0 Å². The molecule has 2 heteroatoms. The molecule has 0 aliphatic heterocycles. The van der Waals surface area contributed by atoms with Gasteiger partial charge in [0.15, 0.2) is 0 Å². The van der Waals surface area contributed by atoms with Gasteiger partial charge in [-0.05, 0) is 87.6 Å². The standard InChI is InChI=1S/C28H30O2/c1-5-28(4,24-16-18-26(19-17-24)29-22(2)3)20-10-12-23-11-9-15-27(21-23)30-25-13-7-6-8-14-25/h1,6-9,11,13-19,21-22H,10,12,20H2,2-4H3. The first-order valence-electron chi connectivity index (χ1n) is 10.6. The molecular formula is C28H30O2. The van der Waals surface area contributed by atoms with Gasteiger partial charge in [-0.2, -0.15) is 0 Å². The normalized spacial score (nSPS) is 12.8. The van der Waals surface area contributed by atoms with Gasteiger partial charge < -0.3 is 9.47 Å². The molecule has 0 bridgehead atoms. The fraction of sp³-hybridized carbons (Fsp3) is 0.286. The topological polar surface area (TPSA) is 18.5 Å². The molecule has 0 fully saturated rings. The van der Waals surface area contributed by atoms with Crippen LogP contribution in [0.15, 0.2) is 78.9 Å². The minimum atomic E-state index is -0.297. The SMILES string of the molecule is C#CC(C)(CCCc1cccc(Oc2ccccc2)c1)c1ccc(OC(C)C)cc1. The highest BCUT2D eigenvalue weighted by molar-refractivity contribution is 5.38. The number of para-hydroxylation sites is 1. The van der Waals surface area contributed by atoms with Crippen LogP contribution in [0, 0.1) is 12.3 Å². The van der Waals surface area contributed by atoms with Crippen LogP contribution in [0.4, 0.5) is 0 Å². The van der Waals surface area contributed by atoms with E-state index in [0.717, 1.165) is 42.1 Å².